The van der Waals surface area contributed by atoms with Crippen LogP contribution in [0.15, 0.2) is 12.3 Å². The third-order valence-corrected chi connectivity index (χ3v) is 2.62. The fraction of sp³-hybridized carbons (Fsp3) is 0.545. The van der Waals surface area contributed by atoms with Gasteiger partial charge in [0.2, 0.25) is 0 Å². The van der Waals surface area contributed by atoms with Crippen molar-refractivity contribution in [3.63, 3.8) is 0 Å². The molecule has 0 saturated carbocycles. The molecule has 0 aliphatic heterocycles. The first-order valence-electron chi connectivity index (χ1n) is 5.24. The van der Waals surface area contributed by atoms with E-state index in [0.29, 0.717) is 12.1 Å². The molecule has 2 nitrogen and oxygen atoms in total. The van der Waals surface area contributed by atoms with Crippen molar-refractivity contribution in [1.82, 2.24) is 4.98 Å². The Kier molecular flexibility index (Phi) is 4.77. The van der Waals surface area contributed by atoms with Gasteiger partial charge in [0.15, 0.2) is 0 Å². The zero-order chi connectivity index (χ0) is 13.1. The second-order valence-electron chi connectivity index (χ2n) is 3.80. The van der Waals surface area contributed by atoms with E-state index in [-0.39, 0.29) is 11.4 Å². The predicted molar refractivity (Wildman–Crippen MR) is 58.9 cm³/mol. The fourth-order valence-electron chi connectivity index (χ4n) is 1.43. The molecule has 1 unspecified atom stereocenters. The maximum Gasteiger partial charge on any atom is 0.417 e. The number of alkyl halides is 3. The van der Waals surface area contributed by atoms with Gasteiger partial charge in [0.05, 0.1) is 22.4 Å². The van der Waals surface area contributed by atoms with Crippen LogP contribution in [0.1, 0.15) is 31.0 Å². The van der Waals surface area contributed by atoms with E-state index in [1.54, 1.807) is 0 Å². The van der Waals surface area contributed by atoms with E-state index < -0.39 is 17.8 Å². The van der Waals surface area contributed by atoms with Crippen LogP contribution in [0.25, 0.3) is 0 Å². The molecule has 0 aliphatic carbocycles. The molecule has 1 aromatic rings. The molecule has 96 valence electrons. The van der Waals surface area contributed by atoms with Crippen LogP contribution in [-0.2, 0) is 12.6 Å². The summed E-state index contributed by atoms with van der Waals surface area (Å²) >= 11 is 5.71. The summed E-state index contributed by atoms with van der Waals surface area (Å²) in [7, 11) is 0. The standard InChI is InChI=1S/C11H13ClF3NO/c1-2-3-8(17)5-10-9(12)4-7(6-16-10)11(13,14)15/h4,6,8,17H,2-3,5H2,1H3. The van der Waals surface area contributed by atoms with E-state index >= 15 is 0 Å². The zero-order valence-corrected chi connectivity index (χ0v) is 10.0. The molecule has 0 aromatic carbocycles. The van der Waals surface area contributed by atoms with Crippen molar-refractivity contribution in [3.8, 4) is 0 Å². The quantitative estimate of drug-likeness (QED) is 0.906. The van der Waals surface area contributed by atoms with Gasteiger partial charge in [0.1, 0.15) is 0 Å². The Morgan fingerprint density at radius 1 is 1.47 bits per heavy atom. The summed E-state index contributed by atoms with van der Waals surface area (Å²) in [5.74, 6) is 0. The molecule has 1 aromatic heterocycles. The minimum atomic E-state index is -4.45. The summed E-state index contributed by atoms with van der Waals surface area (Å²) in [6.45, 7) is 1.91. The average molecular weight is 268 g/mol. The molecule has 0 radical (unpaired) electrons. The minimum Gasteiger partial charge on any atom is -0.393 e. The molecule has 1 atom stereocenters. The normalized spacial score (nSPS) is 13.8. The fourth-order valence-corrected chi connectivity index (χ4v) is 1.67. The summed E-state index contributed by atoms with van der Waals surface area (Å²) < 4.78 is 37.0. The van der Waals surface area contributed by atoms with Gasteiger partial charge in [-0.25, -0.2) is 0 Å². The van der Waals surface area contributed by atoms with Crippen LogP contribution in [-0.4, -0.2) is 16.2 Å². The van der Waals surface area contributed by atoms with Crippen molar-refractivity contribution in [1.29, 1.82) is 0 Å². The largest absolute Gasteiger partial charge is 0.417 e. The van der Waals surface area contributed by atoms with Crippen LogP contribution in [0.5, 0.6) is 0 Å². The highest BCUT2D eigenvalue weighted by molar-refractivity contribution is 6.31. The first-order chi connectivity index (χ1) is 7.84. The molecule has 0 saturated heterocycles. The first-order valence-corrected chi connectivity index (χ1v) is 5.62. The lowest BCUT2D eigenvalue weighted by Crippen LogP contribution is -2.13. The second-order valence-corrected chi connectivity index (χ2v) is 4.20. The number of rotatable bonds is 4. The molecule has 0 fully saturated rings. The van der Waals surface area contributed by atoms with Gasteiger partial charge < -0.3 is 5.11 Å². The van der Waals surface area contributed by atoms with Gasteiger partial charge in [0, 0.05) is 12.6 Å². The van der Waals surface area contributed by atoms with E-state index in [1.165, 1.54) is 0 Å². The Bertz CT molecular complexity index is 381. The van der Waals surface area contributed by atoms with Crippen molar-refractivity contribution in [3.05, 3.63) is 28.5 Å². The predicted octanol–water partition coefficient (Wildman–Crippen LogP) is 3.46. The topological polar surface area (TPSA) is 33.1 Å². The average Bonchev–Trinajstić information content (AvgIpc) is 2.20. The molecule has 0 spiro atoms. The SMILES string of the molecule is CCCC(O)Cc1ncc(C(F)(F)F)cc1Cl. The van der Waals surface area contributed by atoms with Crippen molar-refractivity contribution < 1.29 is 18.3 Å². The van der Waals surface area contributed by atoms with Crippen LogP contribution in [0, 0.1) is 0 Å². The number of nitrogens with zero attached hydrogens (tertiary/aromatic N) is 1. The Labute approximate surface area is 102 Å². The van der Waals surface area contributed by atoms with Crippen molar-refractivity contribution in [2.75, 3.05) is 0 Å². The molecular formula is C11H13ClF3NO. The highest BCUT2D eigenvalue weighted by atomic mass is 35.5. The molecule has 1 rings (SSSR count). The number of aliphatic hydroxyl groups excluding tert-OH is 1. The molecule has 0 amide bonds. The molecular weight excluding hydrogens is 255 g/mol. The summed E-state index contributed by atoms with van der Waals surface area (Å²) in [4.78, 5) is 3.65. The lowest BCUT2D eigenvalue weighted by molar-refractivity contribution is -0.137. The Hall–Kier alpha value is -0.810. The first kappa shape index (κ1) is 14.3. The van der Waals surface area contributed by atoms with Gasteiger partial charge in [-0.1, -0.05) is 24.9 Å². The summed E-state index contributed by atoms with van der Waals surface area (Å²) in [6, 6.07) is 0.836. The summed E-state index contributed by atoms with van der Waals surface area (Å²) in [5.41, 5.74) is -0.586. The number of hydrogen-bond donors (Lipinski definition) is 1. The van der Waals surface area contributed by atoms with Gasteiger partial charge in [-0.05, 0) is 12.5 Å². The van der Waals surface area contributed by atoms with Crippen LogP contribution in [0.3, 0.4) is 0 Å². The lowest BCUT2D eigenvalue weighted by Gasteiger charge is -2.12. The van der Waals surface area contributed by atoms with Crippen molar-refractivity contribution in [2.24, 2.45) is 0 Å². The van der Waals surface area contributed by atoms with Gasteiger partial charge in [-0.3, -0.25) is 4.98 Å². The zero-order valence-electron chi connectivity index (χ0n) is 9.26. The van der Waals surface area contributed by atoms with E-state index in [4.69, 9.17) is 11.6 Å². The van der Waals surface area contributed by atoms with Crippen LogP contribution in [0.2, 0.25) is 5.02 Å². The van der Waals surface area contributed by atoms with Crippen molar-refractivity contribution >= 4 is 11.6 Å². The molecule has 0 aliphatic rings. The Morgan fingerprint density at radius 2 is 2.12 bits per heavy atom. The highest BCUT2D eigenvalue weighted by Crippen LogP contribution is 2.31. The van der Waals surface area contributed by atoms with E-state index in [1.807, 2.05) is 6.92 Å². The van der Waals surface area contributed by atoms with E-state index in [2.05, 4.69) is 4.98 Å². The maximum atomic E-state index is 12.3. The second kappa shape index (κ2) is 5.69. The van der Waals surface area contributed by atoms with E-state index in [9.17, 15) is 18.3 Å². The Balaban J connectivity index is 2.83. The third-order valence-electron chi connectivity index (χ3n) is 2.30. The molecule has 1 N–H and O–H groups in total. The number of hydrogen-bond acceptors (Lipinski definition) is 2. The summed E-state index contributed by atoms with van der Waals surface area (Å²) in [6.07, 6.45) is -2.80. The van der Waals surface area contributed by atoms with Gasteiger partial charge in [-0.2, -0.15) is 13.2 Å². The van der Waals surface area contributed by atoms with Gasteiger partial charge in [-0.15, -0.1) is 0 Å². The molecule has 17 heavy (non-hydrogen) atoms. The Morgan fingerprint density at radius 3 is 2.59 bits per heavy atom. The lowest BCUT2D eigenvalue weighted by atomic mass is 10.1. The molecule has 0 bridgehead atoms. The number of aromatic nitrogens is 1. The smallest absolute Gasteiger partial charge is 0.393 e. The number of halogens is 4. The van der Waals surface area contributed by atoms with Crippen LogP contribution < -0.4 is 0 Å². The number of aliphatic hydroxyl groups is 1. The van der Waals surface area contributed by atoms with Gasteiger partial charge >= 0.3 is 6.18 Å². The van der Waals surface area contributed by atoms with Crippen molar-refractivity contribution in [2.45, 2.75) is 38.5 Å². The highest BCUT2D eigenvalue weighted by Gasteiger charge is 2.31. The third kappa shape index (κ3) is 4.16. The maximum absolute atomic E-state index is 12.3. The van der Waals surface area contributed by atoms with Crippen LogP contribution >= 0.6 is 11.6 Å². The van der Waals surface area contributed by atoms with E-state index in [0.717, 1.165) is 18.7 Å². The monoisotopic (exact) mass is 267 g/mol. The number of pyridine rings is 1. The minimum absolute atomic E-state index is 0.0602. The summed E-state index contributed by atoms with van der Waals surface area (Å²) in [5, 5.41) is 9.48. The molecule has 6 heteroatoms. The van der Waals surface area contributed by atoms with Crippen LogP contribution in [0.4, 0.5) is 13.2 Å². The van der Waals surface area contributed by atoms with Gasteiger partial charge in [0.25, 0.3) is 0 Å². The molecule has 1 heterocycles.